The van der Waals surface area contributed by atoms with Crippen molar-refractivity contribution in [1.29, 1.82) is 0 Å². The van der Waals surface area contributed by atoms with Crippen LogP contribution in [0.15, 0.2) is 59.6 Å². The van der Waals surface area contributed by atoms with Crippen molar-refractivity contribution in [2.24, 2.45) is 10.9 Å². The SMILES string of the molecule is CN=C(NCCCCc1ccc(OC)cc1)NCC1CCOC1c1ccccc1. The Morgan fingerprint density at radius 1 is 1.07 bits per heavy atom. The molecule has 3 rings (SSSR count). The molecule has 0 amide bonds. The third kappa shape index (κ3) is 6.50. The normalized spacial score (nSPS) is 19.2. The number of hydrogen-bond acceptors (Lipinski definition) is 3. The minimum absolute atomic E-state index is 0.173. The van der Waals surface area contributed by atoms with Gasteiger partial charge >= 0.3 is 0 Å². The summed E-state index contributed by atoms with van der Waals surface area (Å²) in [5, 5.41) is 6.91. The van der Waals surface area contributed by atoms with Crippen LogP contribution in [0.25, 0.3) is 0 Å². The minimum Gasteiger partial charge on any atom is -0.497 e. The first kappa shape index (κ1) is 21.2. The van der Waals surface area contributed by atoms with Crippen molar-refractivity contribution < 1.29 is 9.47 Å². The van der Waals surface area contributed by atoms with E-state index in [9.17, 15) is 0 Å². The molecule has 5 heteroatoms. The number of rotatable bonds is 9. The van der Waals surface area contributed by atoms with Gasteiger partial charge in [0, 0.05) is 32.7 Å². The highest BCUT2D eigenvalue weighted by atomic mass is 16.5. The Hall–Kier alpha value is -2.53. The van der Waals surface area contributed by atoms with Gasteiger partial charge in [-0.05, 0) is 48.9 Å². The fourth-order valence-electron chi connectivity index (χ4n) is 3.76. The van der Waals surface area contributed by atoms with E-state index in [0.717, 1.165) is 57.1 Å². The lowest BCUT2D eigenvalue weighted by atomic mass is 9.95. The van der Waals surface area contributed by atoms with E-state index in [0.29, 0.717) is 5.92 Å². The van der Waals surface area contributed by atoms with Crippen LogP contribution < -0.4 is 15.4 Å². The van der Waals surface area contributed by atoms with Gasteiger partial charge in [0.15, 0.2) is 5.96 Å². The van der Waals surface area contributed by atoms with E-state index in [-0.39, 0.29) is 6.10 Å². The van der Waals surface area contributed by atoms with E-state index in [2.05, 4.69) is 52.0 Å². The Balaban J connectivity index is 1.35. The van der Waals surface area contributed by atoms with Crippen LogP contribution in [0.5, 0.6) is 5.75 Å². The smallest absolute Gasteiger partial charge is 0.190 e. The van der Waals surface area contributed by atoms with Gasteiger partial charge in [-0.25, -0.2) is 0 Å². The van der Waals surface area contributed by atoms with Crippen molar-refractivity contribution in [2.45, 2.75) is 31.8 Å². The fraction of sp³-hybridized carbons (Fsp3) is 0.458. The molecule has 2 unspecified atom stereocenters. The third-order valence-electron chi connectivity index (χ3n) is 5.44. The molecule has 0 aliphatic carbocycles. The lowest BCUT2D eigenvalue weighted by Crippen LogP contribution is -2.40. The first-order valence-electron chi connectivity index (χ1n) is 10.5. The average Bonchev–Trinajstić information content (AvgIpc) is 3.25. The maximum atomic E-state index is 5.98. The summed E-state index contributed by atoms with van der Waals surface area (Å²) in [5.74, 6) is 2.24. The molecule has 1 fully saturated rings. The summed E-state index contributed by atoms with van der Waals surface area (Å²) in [5.41, 5.74) is 2.61. The number of nitrogens with zero attached hydrogens (tertiary/aromatic N) is 1. The van der Waals surface area contributed by atoms with Gasteiger partial charge in [-0.15, -0.1) is 0 Å². The quantitative estimate of drug-likeness (QED) is 0.383. The summed E-state index contributed by atoms with van der Waals surface area (Å²) in [4.78, 5) is 4.36. The molecule has 0 aromatic heterocycles. The van der Waals surface area contributed by atoms with Gasteiger partial charge in [0.1, 0.15) is 5.75 Å². The topological polar surface area (TPSA) is 54.9 Å². The second-order valence-corrected chi connectivity index (χ2v) is 7.44. The largest absolute Gasteiger partial charge is 0.497 e. The molecular weight excluding hydrogens is 362 g/mol. The number of nitrogens with one attached hydrogen (secondary N) is 2. The minimum atomic E-state index is 0.173. The van der Waals surface area contributed by atoms with Crippen LogP contribution in [-0.2, 0) is 11.2 Å². The average molecular weight is 396 g/mol. The van der Waals surface area contributed by atoms with E-state index in [1.54, 1.807) is 7.11 Å². The van der Waals surface area contributed by atoms with Crippen LogP contribution in [0, 0.1) is 5.92 Å². The molecule has 1 saturated heterocycles. The summed E-state index contributed by atoms with van der Waals surface area (Å²) >= 11 is 0. The van der Waals surface area contributed by atoms with Gasteiger partial charge in [-0.3, -0.25) is 4.99 Å². The zero-order valence-electron chi connectivity index (χ0n) is 17.6. The summed E-state index contributed by atoms with van der Waals surface area (Å²) in [6.45, 7) is 2.60. The van der Waals surface area contributed by atoms with Gasteiger partial charge < -0.3 is 20.1 Å². The molecule has 156 valence electrons. The second kappa shape index (κ2) is 11.5. The van der Waals surface area contributed by atoms with Crippen LogP contribution in [0.3, 0.4) is 0 Å². The van der Waals surface area contributed by atoms with E-state index in [1.807, 2.05) is 25.2 Å². The van der Waals surface area contributed by atoms with Crippen LogP contribution in [-0.4, -0.2) is 39.8 Å². The maximum Gasteiger partial charge on any atom is 0.190 e. The van der Waals surface area contributed by atoms with Crippen LogP contribution in [0.4, 0.5) is 0 Å². The molecule has 1 heterocycles. The number of ether oxygens (including phenoxy) is 2. The van der Waals surface area contributed by atoms with Crippen LogP contribution in [0.1, 0.15) is 36.5 Å². The maximum absolute atomic E-state index is 5.98. The van der Waals surface area contributed by atoms with Gasteiger partial charge in [0.25, 0.3) is 0 Å². The molecule has 29 heavy (non-hydrogen) atoms. The van der Waals surface area contributed by atoms with Crippen molar-refractivity contribution in [3.8, 4) is 5.75 Å². The molecule has 5 nitrogen and oxygen atoms in total. The first-order valence-corrected chi connectivity index (χ1v) is 10.5. The van der Waals surface area contributed by atoms with E-state index >= 15 is 0 Å². The Morgan fingerprint density at radius 2 is 1.86 bits per heavy atom. The van der Waals surface area contributed by atoms with Crippen LogP contribution in [0.2, 0.25) is 0 Å². The molecule has 0 spiro atoms. The molecule has 1 aliphatic rings. The Bertz CT molecular complexity index is 746. The Kier molecular flexibility index (Phi) is 8.38. The predicted octanol–water partition coefficient (Wildman–Crippen LogP) is 3.96. The summed E-state index contributed by atoms with van der Waals surface area (Å²) in [7, 11) is 3.52. The number of aliphatic imine (C=N–C) groups is 1. The van der Waals surface area contributed by atoms with Gasteiger partial charge in [0.2, 0.25) is 0 Å². The van der Waals surface area contributed by atoms with Gasteiger partial charge in [0.05, 0.1) is 13.2 Å². The number of hydrogen-bond donors (Lipinski definition) is 2. The number of aryl methyl sites for hydroxylation is 1. The van der Waals surface area contributed by atoms with Crippen molar-refractivity contribution in [3.63, 3.8) is 0 Å². The predicted molar refractivity (Wildman–Crippen MR) is 119 cm³/mol. The highest BCUT2D eigenvalue weighted by Gasteiger charge is 2.29. The Labute approximate surface area is 174 Å². The lowest BCUT2D eigenvalue weighted by molar-refractivity contribution is 0.0915. The number of benzene rings is 2. The van der Waals surface area contributed by atoms with Gasteiger partial charge in [-0.2, -0.15) is 0 Å². The zero-order chi connectivity index (χ0) is 20.3. The third-order valence-corrected chi connectivity index (χ3v) is 5.44. The number of methoxy groups -OCH3 is 1. The molecule has 2 atom stereocenters. The van der Waals surface area contributed by atoms with Crippen molar-refractivity contribution >= 4 is 5.96 Å². The van der Waals surface area contributed by atoms with Gasteiger partial charge in [-0.1, -0.05) is 42.5 Å². The summed E-state index contributed by atoms with van der Waals surface area (Å²) < 4.78 is 11.2. The zero-order valence-corrected chi connectivity index (χ0v) is 17.6. The molecule has 0 bridgehead atoms. The van der Waals surface area contributed by atoms with E-state index < -0.39 is 0 Å². The molecule has 2 aromatic rings. The first-order chi connectivity index (χ1) is 14.3. The van der Waals surface area contributed by atoms with Crippen molar-refractivity contribution in [1.82, 2.24) is 10.6 Å². The molecule has 1 aliphatic heterocycles. The van der Waals surface area contributed by atoms with E-state index in [1.165, 1.54) is 11.1 Å². The Morgan fingerprint density at radius 3 is 2.59 bits per heavy atom. The fourth-order valence-corrected chi connectivity index (χ4v) is 3.76. The molecule has 0 radical (unpaired) electrons. The monoisotopic (exact) mass is 395 g/mol. The van der Waals surface area contributed by atoms with Crippen molar-refractivity contribution in [2.75, 3.05) is 33.9 Å². The standard InChI is InChI=1S/C24H33N3O2/c1-25-24(26-16-7-6-8-19-11-13-22(28-2)14-12-19)27-18-21-15-17-29-23(21)20-9-4-3-5-10-20/h3-5,9-14,21,23H,6-8,15-18H2,1-2H3,(H2,25,26,27). The highest BCUT2D eigenvalue weighted by Crippen LogP contribution is 2.33. The number of unbranched alkanes of at least 4 members (excludes halogenated alkanes) is 1. The van der Waals surface area contributed by atoms with E-state index in [4.69, 9.17) is 9.47 Å². The van der Waals surface area contributed by atoms with Crippen LogP contribution >= 0.6 is 0 Å². The highest BCUT2D eigenvalue weighted by molar-refractivity contribution is 5.79. The lowest BCUT2D eigenvalue weighted by Gasteiger charge is -2.20. The molecular formula is C24H33N3O2. The molecule has 2 aromatic carbocycles. The summed E-state index contributed by atoms with van der Waals surface area (Å²) in [6.07, 6.45) is 4.57. The number of guanidine groups is 1. The molecule has 2 N–H and O–H groups in total. The summed E-state index contributed by atoms with van der Waals surface area (Å²) in [6, 6.07) is 18.8. The van der Waals surface area contributed by atoms with Crippen molar-refractivity contribution in [3.05, 3.63) is 65.7 Å². The second-order valence-electron chi connectivity index (χ2n) is 7.44. The molecule has 0 saturated carbocycles.